The Bertz CT molecular complexity index is 911. The van der Waals surface area contributed by atoms with Crippen LogP contribution in [0.2, 0.25) is 0 Å². The van der Waals surface area contributed by atoms with Gasteiger partial charge in [0.25, 0.3) is 0 Å². The van der Waals surface area contributed by atoms with Crippen LogP contribution in [0.1, 0.15) is 74.2 Å². The van der Waals surface area contributed by atoms with Crippen LogP contribution in [0.4, 0.5) is 0 Å². The highest BCUT2D eigenvalue weighted by Crippen LogP contribution is 2.35. The molecule has 2 rings (SSSR count). The van der Waals surface area contributed by atoms with E-state index in [0.29, 0.717) is 17.1 Å². The molecule has 0 fully saturated rings. The zero-order valence-corrected chi connectivity index (χ0v) is 19.4. The van der Waals surface area contributed by atoms with Crippen molar-refractivity contribution in [3.63, 3.8) is 0 Å². The molecule has 0 bridgehead atoms. The van der Waals surface area contributed by atoms with Crippen molar-refractivity contribution in [3.8, 4) is 11.5 Å². The first-order valence-electron chi connectivity index (χ1n) is 11.6. The Morgan fingerprint density at radius 3 is 2.00 bits per heavy atom. The summed E-state index contributed by atoms with van der Waals surface area (Å²) in [5, 5.41) is 9.74. The molecule has 3 nitrogen and oxygen atoms in total. The van der Waals surface area contributed by atoms with E-state index in [1.807, 2.05) is 13.0 Å². The van der Waals surface area contributed by atoms with Gasteiger partial charge in [0, 0.05) is 6.07 Å². The number of rotatable bonds is 12. The smallest absolute Gasteiger partial charge is 0.174 e. The molecule has 0 unspecified atom stereocenters. The van der Waals surface area contributed by atoms with Crippen LogP contribution in [0, 0.1) is 6.92 Å². The first kappa shape index (κ1) is 25.2. The number of aromatic hydroxyl groups is 1. The Morgan fingerprint density at radius 1 is 0.844 bits per heavy atom. The van der Waals surface area contributed by atoms with Gasteiger partial charge in [-0.2, -0.15) is 0 Å². The Morgan fingerprint density at radius 2 is 1.41 bits per heavy atom. The fourth-order valence-electron chi connectivity index (χ4n) is 3.42. The summed E-state index contributed by atoms with van der Waals surface area (Å²) in [7, 11) is 0. The number of ether oxygens (including phenoxy) is 1. The molecule has 1 aromatic rings. The maximum atomic E-state index is 12.4. The van der Waals surface area contributed by atoms with Crippen molar-refractivity contribution in [3.05, 3.63) is 95.9 Å². The topological polar surface area (TPSA) is 46.5 Å². The van der Waals surface area contributed by atoms with Crippen molar-refractivity contribution in [1.29, 1.82) is 0 Å². The predicted molar refractivity (Wildman–Crippen MR) is 134 cm³/mol. The largest absolute Gasteiger partial charge is 0.508 e. The Labute approximate surface area is 193 Å². The minimum Gasteiger partial charge on any atom is -0.508 e. The molecule has 0 radical (unpaired) electrons. The molecule has 0 aliphatic carbocycles. The van der Waals surface area contributed by atoms with Crippen LogP contribution in [0.3, 0.4) is 0 Å². The summed E-state index contributed by atoms with van der Waals surface area (Å²) >= 11 is 0. The molecular weight excluding hydrogens is 396 g/mol. The number of unbranched alkanes of at least 4 members (excludes halogenated alkanes) is 1. The van der Waals surface area contributed by atoms with Crippen LogP contribution in [0.15, 0.2) is 84.7 Å². The molecule has 0 aromatic heterocycles. The normalized spacial score (nSPS) is 15.8. The Balaban J connectivity index is 1.61. The maximum Gasteiger partial charge on any atom is 0.174 e. The molecule has 0 amide bonds. The number of benzene rings is 1. The van der Waals surface area contributed by atoms with E-state index in [4.69, 9.17) is 4.74 Å². The van der Waals surface area contributed by atoms with Crippen LogP contribution >= 0.6 is 0 Å². The van der Waals surface area contributed by atoms with Gasteiger partial charge in [0.05, 0.1) is 12.0 Å². The monoisotopic (exact) mass is 432 g/mol. The van der Waals surface area contributed by atoms with Crippen LogP contribution < -0.4 is 4.74 Å². The molecule has 1 N–H and O–H groups in total. The molecule has 32 heavy (non-hydrogen) atoms. The van der Waals surface area contributed by atoms with Crippen molar-refractivity contribution in [2.24, 2.45) is 0 Å². The van der Waals surface area contributed by atoms with Crippen molar-refractivity contribution in [2.75, 3.05) is 0 Å². The summed E-state index contributed by atoms with van der Waals surface area (Å²) in [6.45, 7) is 3.96. The van der Waals surface area contributed by atoms with Gasteiger partial charge >= 0.3 is 0 Å². The van der Waals surface area contributed by atoms with Crippen molar-refractivity contribution in [1.82, 2.24) is 0 Å². The van der Waals surface area contributed by atoms with Crippen molar-refractivity contribution >= 4 is 5.78 Å². The Hall–Kier alpha value is -3.07. The lowest BCUT2D eigenvalue weighted by Gasteiger charge is -2.20. The minimum atomic E-state index is 0.0462. The number of ketones is 1. The fourth-order valence-corrected chi connectivity index (χ4v) is 3.42. The van der Waals surface area contributed by atoms with E-state index in [-0.39, 0.29) is 18.0 Å². The molecule has 1 aromatic carbocycles. The van der Waals surface area contributed by atoms with E-state index in [1.54, 1.807) is 6.07 Å². The average Bonchev–Trinajstić information content (AvgIpc) is 2.75. The lowest BCUT2D eigenvalue weighted by atomic mass is 9.97. The molecule has 1 aliphatic heterocycles. The van der Waals surface area contributed by atoms with Crippen LogP contribution in [0.5, 0.6) is 11.5 Å². The lowest BCUT2D eigenvalue weighted by molar-refractivity contribution is 0.0963. The molecular formula is C29H36O3. The van der Waals surface area contributed by atoms with E-state index < -0.39 is 0 Å². The van der Waals surface area contributed by atoms with Gasteiger partial charge in [-0.15, -0.1) is 0 Å². The summed E-state index contributed by atoms with van der Waals surface area (Å²) in [6.07, 6.45) is 30.9. The van der Waals surface area contributed by atoms with Crippen molar-refractivity contribution in [2.45, 2.75) is 65.2 Å². The second-order valence-corrected chi connectivity index (χ2v) is 7.79. The molecule has 0 saturated heterocycles. The van der Waals surface area contributed by atoms with E-state index in [2.05, 4.69) is 67.7 Å². The minimum absolute atomic E-state index is 0.0462. The standard InChI is InChI=1S/C29H36O3/c1-3-4-5-6-7-8-9-10-11-12-13-14-15-16-17-18-19-20-26-23-27(31)29-24(2)21-25(30)22-28(29)32-26/h4-5,7-8,10-11,13-14,16-17,20-22,30H,3,6,9,12,15,18-19,23H2,1-2H3. The van der Waals surface area contributed by atoms with Gasteiger partial charge in [-0.05, 0) is 69.6 Å². The molecule has 3 heteroatoms. The number of allylic oxidation sites excluding steroid dienone is 12. The van der Waals surface area contributed by atoms with Crippen LogP contribution in [-0.2, 0) is 0 Å². The fraction of sp³-hybridized carbons (Fsp3) is 0.345. The highest BCUT2D eigenvalue weighted by atomic mass is 16.5. The number of phenols is 1. The van der Waals surface area contributed by atoms with Crippen LogP contribution in [-0.4, -0.2) is 10.9 Å². The first-order valence-corrected chi connectivity index (χ1v) is 11.6. The summed E-state index contributed by atoms with van der Waals surface area (Å²) in [5.74, 6) is 1.29. The summed E-state index contributed by atoms with van der Waals surface area (Å²) in [5.41, 5.74) is 1.33. The average molecular weight is 433 g/mol. The van der Waals surface area contributed by atoms with E-state index in [1.165, 1.54) is 6.07 Å². The number of phenolic OH excluding ortho intramolecular Hbond substituents is 1. The second-order valence-electron chi connectivity index (χ2n) is 7.79. The summed E-state index contributed by atoms with van der Waals surface area (Å²) in [6, 6.07) is 3.10. The highest BCUT2D eigenvalue weighted by Gasteiger charge is 2.24. The number of aryl methyl sites for hydroxylation is 1. The van der Waals surface area contributed by atoms with Gasteiger partial charge in [-0.3, -0.25) is 4.79 Å². The second kappa shape index (κ2) is 14.9. The summed E-state index contributed by atoms with van der Waals surface area (Å²) < 4.78 is 5.82. The van der Waals surface area contributed by atoms with Crippen molar-refractivity contribution < 1.29 is 14.6 Å². The first-order chi connectivity index (χ1) is 15.6. The Kier molecular flexibility index (Phi) is 11.7. The van der Waals surface area contributed by atoms with Gasteiger partial charge in [-0.25, -0.2) is 0 Å². The van der Waals surface area contributed by atoms with E-state index >= 15 is 0 Å². The number of hydrogen-bond donors (Lipinski definition) is 1. The quantitative estimate of drug-likeness (QED) is 0.268. The highest BCUT2D eigenvalue weighted by molar-refractivity contribution is 6.02. The molecule has 170 valence electrons. The lowest BCUT2D eigenvalue weighted by Crippen LogP contribution is -2.15. The number of hydrogen-bond acceptors (Lipinski definition) is 3. The van der Waals surface area contributed by atoms with Crippen LogP contribution in [0.25, 0.3) is 0 Å². The number of fused-ring (bicyclic) bond motifs is 1. The van der Waals surface area contributed by atoms with Gasteiger partial charge in [0.1, 0.15) is 17.3 Å². The molecule has 1 heterocycles. The van der Waals surface area contributed by atoms with Gasteiger partial charge in [-0.1, -0.05) is 67.7 Å². The molecule has 1 aliphatic rings. The predicted octanol–water partition coefficient (Wildman–Crippen LogP) is 8.08. The van der Waals surface area contributed by atoms with Gasteiger partial charge in [0.15, 0.2) is 5.78 Å². The third-order valence-corrected chi connectivity index (χ3v) is 5.00. The zero-order valence-electron chi connectivity index (χ0n) is 19.4. The molecule has 0 atom stereocenters. The number of Topliss-reactive ketones (excluding diaryl/α,β-unsaturated/α-hetero) is 1. The maximum absolute atomic E-state index is 12.4. The molecule has 0 spiro atoms. The number of carbonyl (C=O) groups excluding carboxylic acids is 1. The third-order valence-electron chi connectivity index (χ3n) is 5.00. The van der Waals surface area contributed by atoms with Gasteiger partial charge < -0.3 is 9.84 Å². The zero-order chi connectivity index (χ0) is 23.0. The number of carbonyl (C=O) groups is 1. The third kappa shape index (κ3) is 9.38. The van der Waals surface area contributed by atoms with E-state index in [9.17, 15) is 9.90 Å². The summed E-state index contributed by atoms with van der Waals surface area (Å²) in [4.78, 5) is 12.4. The van der Waals surface area contributed by atoms with Gasteiger partial charge in [0.2, 0.25) is 0 Å². The SMILES string of the molecule is CCC=CCC=CCC=CCC=CCC=CCCC=C1CC(=O)c2c(C)cc(O)cc2O1. The van der Waals surface area contributed by atoms with E-state index in [0.717, 1.165) is 50.5 Å². The molecule has 0 saturated carbocycles.